The van der Waals surface area contributed by atoms with Gasteiger partial charge in [0.05, 0.1) is 0 Å². The Morgan fingerprint density at radius 2 is 2.00 bits per heavy atom. The van der Waals surface area contributed by atoms with E-state index in [1.54, 1.807) is 41.0 Å². The van der Waals surface area contributed by atoms with E-state index in [1.165, 1.54) is 12.4 Å². The van der Waals surface area contributed by atoms with Gasteiger partial charge in [-0.1, -0.05) is 30.3 Å². The average Bonchev–Trinajstić information content (AvgIpc) is 3.21. The van der Waals surface area contributed by atoms with Crippen LogP contribution in [0, 0.1) is 5.82 Å². The summed E-state index contributed by atoms with van der Waals surface area (Å²) in [7, 11) is 0. The maximum Gasteiger partial charge on any atom is 0.162 e. The molecule has 0 fully saturated rings. The smallest absolute Gasteiger partial charge is 0.162 e. The van der Waals surface area contributed by atoms with E-state index in [0.717, 1.165) is 5.56 Å². The van der Waals surface area contributed by atoms with Gasteiger partial charge in [0.15, 0.2) is 5.65 Å². The quantitative estimate of drug-likeness (QED) is 0.483. The van der Waals surface area contributed by atoms with E-state index >= 15 is 0 Å². The van der Waals surface area contributed by atoms with E-state index in [1.807, 2.05) is 24.3 Å². The van der Waals surface area contributed by atoms with Crippen LogP contribution >= 0.6 is 0 Å². The highest BCUT2D eigenvalue weighted by Crippen LogP contribution is 2.18. The lowest BCUT2D eigenvalue weighted by atomic mass is 10.2. The molecule has 0 aliphatic rings. The lowest BCUT2D eigenvalue weighted by molar-refractivity contribution is 0.138. The first-order chi connectivity index (χ1) is 13.7. The zero-order valence-corrected chi connectivity index (χ0v) is 15.0. The van der Waals surface area contributed by atoms with E-state index in [9.17, 15) is 9.50 Å². The second-order valence-corrected chi connectivity index (χ2v) is 6.30. The van der Waals surface area contributed by atoms with Crippen LogP contribution in [0.15, 0.2) is 73.2 Å². The third-order valence-corrected chi connectivity index (χ3v) is 4.38. The van der Waals surface area contributed by atoms with Crippen molar-refractivity contribution in [2.24, 2.45) is 0 Å². The van der Waals surface area contributed by atoms with Gasteiger partial charge >= 0.3 is 0 Å². The van der Waals surface area contributed by atoms with Crippen LogP contribution in [-0.4, -0.2) is 19.7 Å². The zero-order chi connectivity index (χ0) is 19.3. The molecule has 0 aliphatic heterocycles. The molecule has 0 spiro atoms. The Bertz CT molecular complexity index is 1080. The van der Waals surface area contributed by atoms with E-state index in [2.05, 4.69) is 15.4 Å². The molecule has 1 unspecified atom stereocenters. The highest BCUT2D eigenvalue weighted by Gasteiger charge is 2.12. The van der Waals surface area contributed by atoms with Gasteiger partial charge in [-0.05, 0) is 35.9 Å². The van der Waals surface area contributed by atoms with Gasteiger partial charge in [-0.15, -0.1) is 0 Å². The topological polar surface area (TPSA) is 71.7 Å². The van der Waals surface area contributed by atoms with Crippen molar-refractivity contribution in [3.63, 3.8) is 0 Å². The Labute approximate surface area is 161 Å². The fourth-order valence-corrected chi connectivity index (χ4v) is 2.93. The maximum absolute atomic E-state index is 13.7. The first kappa shape index (κ1) is 18.1. The fraction of sp³-hybridized carbons (Fsp3) is 0.143. The number of aromatic nitrogens is 3. The molecular formula is C21H19FN4O2. The molecule has 6 nitrogen and oxygen atoms in total. The average molecular weight is 378 g/mol. The van der Waals surface area contributed by atoms with Gasteiger partial charge in [-0.3, -0.25) is 5.32 Å². The Morgan fingerprint density at radius 1 is 1.11 bits per heavy atom. The summed E-state index contributed by atoms with van der Waals surface area (Å²) in [5, 5.41) is 17.6. The van der Waals surface area contributed by atoms with Crippen LogP contribution in [0.1, 0.15) is 22.9 Å². The molecule has 28 heavy (non-hydrogen) atoms. The lowest BCUT2D eigenvalue weighted by Crippen LogP contribution is -2.21. The summed E-state index contributed by atoms with van der Waals surface area (Å²) < 4.78 is 21.0. The van der Waals surface area contributed by atoms with Crippen molar-refractivity contribution in [1.82, 2.24) is 19.9 Å². The molecule has 7 heteroatoms. The van der Waals surface area contributed by atoms with Crippen LogP contribution in [0.5, 0.6) is 5.75 Å². The largest absolute Gasteiger partial charge is 0.489 e. The van der Waals surface area contributed by atoms with Crippen molar-refractivity contribution in [2.75, 3.05) is 0 Å². The molecule has 0 saturated carbocycles. The number of hydrogen-bond acceptors (Lipinski definition) is 5. The molecular weight excluding hydrogens is 359 g/mol. The standard InChI is InChI=1S/C21H19FN4O2/c22-19-9-2-1-6-16(19)13-28-17-7-3-5-15(11-17)12-23-21(27)18-8-4-10-26-20(18)24-14-25-26/h1-11,14,21,23,27H,12-13H2. The molecule has 0 aliphatic carbocycles. The third kappa shape index (κ3) is 4.00. The molecule has 2 aromatic heterocycles. The molecule has 2 N–H and O–H groups in total. The van der Waals surface area contributed by atoms with Crippen molar-refractivity contribution in [3.05, 3.63) is 95.7 Å². The molecule has 0 saturated heterocycles. The van der Waals surface area contributed by atoms with Crippen molar-refractivity contribution < 1.29 is 14.2 Å². The Kier molecular flexibility index (Phi) is 5.27. The summed E-state index contributed by atoms with van der Waals surface area (Å²) in [5.74, 6) is 0.350. The monoisotopic (exact) mass is 378 g/mol. The van der Waals surface area contributed by atoms with Crippen LogP contribution in [0.3, 0.4) is 0 Å². The van der Waals surface area contributed by atoms with Gasteiger partial charge in [0.25, 0.3) is 0 Å². The number of aliphatic hydroxyl groups is 1. The molecule has 0 bridgehead atoms. The predicted molar refractivity (Wildman–Crippen MR) is 102 cm³/mol. The van der Waals surface area contributed by atoms with E-state index in [4.69, 9.17) is 4.74 Å². The zero-order valence-electron chi connectivity index (χ0n) is 15.0. The van der Waals surface area contributed by atoms with Gasteiger partial charge in [-0.25, -0.2) is 13.9 Å². The van der Waals surface area contributed by atoms with Crippen molar-refractivity contribution in [2.45, 2.75) is 19.4 Å². The second-order valence-electron chi connectivity index (χ2n) is 6.30. The summed E-state index contributed by atoms with van der Waals surface area (Å²) in [6.45, 7) is 0.578. The Balaban J connectivity index is 1.39. The summed E-state index contributed by atoms with van der Waals surface area (Å²) in [5.41, 5.74) is 2.68. The molecule has 1 atom stereocenters. The lowest BCUT2D eigenvalue weighted by Gasteiger charge is -2.14. The van der Waals surface area contributed by atoms with E-state index < -0.39 is 6.23 Å². The molecule has 0 radical (unpaired) electrons. The Morgan fingerprint density at radius 3 is 2.89 bits per heavy atom. The fourth-order valence-electron chi connectivity index (χ4n) is 2.93. The van der Waals surface area contributed by atoms with Crippen molar-refractivity contribution >= 4 is 5.65 Å². The molecule has 2 heterocycles. The summed E-state index contributed by atoms with van der Waals surface area (Å²) >= 11 is 0. The van der Waals surface area contributed by atoms with Crippen LogP contribution in [0.4, 0.5) is 4.39 Å². The summed E-state index contributed by atoms with van der Waals surface area (Å²) in [4.78, 5) is 4.17. The number of pyridine rings is 1. The predicted octanol–water partition coefficient (Wildman–Crippen LogP) is 3.23. The summed E-state index contributed by atoms with van der Waals surface area (Å²) in [6.07, 6.45) is 2.33. The van der Waals surface area contributed by atoms with Crippen LogP contribution in [0.25, 0.3) is 5.65 Å². The van der Waals surface area contributed by atoms with Gasteiger partial charge in [0, 0.05) is 23.9 Å². The number of rotatable bonds is 7. The number of fused-ring (bicyclic) bond motifs is 1. The number of nitrogens with zero attached hydrogens (tertiary/aromatic N) is 3. The maximum atomic E-state index is 13.7. The third-order valence-electron chi connectivity index (χ3n) is 4.38. The van der Waals surface area contributed by atoms with Gasteiger partial charge in [-0.2, -0.15) is 5.10 Å². The van der Waals surface area contributed by atoms with Gasteiger partial charge in [0.1, 0.15) is 30.7 Å². The first-order valence-corrected chi connectivity index (χ1v) is 8.85. The normalized spacial score (nSPS) is 12.2. The van der Waals surface area contributed by atoms with Gasteiger partial charge < -0.3 is 9.84 Å². The Hall–Kier alpha value is -3.29. The number of halogens is 1. The van der Waals surface area contributed by atoms with Crippen LogP contribution in [-0.2, 0) is 13.2 Å². The van der Waals surface area contributed by atoms with Crippen LogP contribution < -0.4 is 10.1 Å². The minimum absolute atomic E-state index is 0.154. The number of aliphatic hydroxyl groups excluding tert-OH is 1. The number of benzene rings is 2. The first-order valence-electron chi connectivity index (χ1n) is 8.85. The molecule has 0 amide bonds. The minimum Gasteiger partial charge on any atom is -0.489 e. The molecule has 142 valence electrons. The summed E-state index contributed by atoms with van der Waals surface area (Å²) in [6, 6.07) is 17.6. The van der Waals surface area contributed by atoms with Crippen molar-refractivity contribution in [3.8, 4) is 5.75 Å². The van der Waals surface area contributed by atoms with Gasteiger partial charge in [0.2, 0.25) is 0 Å². The number of nitrogens with one attached hydrogen (secondary N) is 1. The highest BCUT2D eigenvalue weighted by atomic mass is 19.1. The molecule has 4 rings (SSSR count). The van der Waals surface area contributed by atoms with Crippen LogP contribution in [0.2, 0.25) is 0 Å². The molecule has 2 aromatic carbocycles. The van der Waals surface area contributed by atoms with Crippen molar-refractivity contribution in [1.29, 1.82) is 0 Å². The second kappa shape index (κ2) is 8.16. The van der Waals surface area contributed by atoms with E-state index in [-0.39, 0.29) is 12.4 Å². The van der Waals surface area contributed by atoms with E-state index in [0.29, 0.717) is 29.1 Å². The minimum atomic E-state index is -0.893. The number of hydrogen-bond donors (Lipinski definition) is 2. The molecule has 4 aromatic rings. The SMILES string of the molecule is OC(NCc1cccc(OCc2ccccc2F)c1)c1cccn2ncnc12. The number of ether oxygens (including phenoxy) is 1. The highest BCUT2D eigenvalue weighted by molar-refractivity contribution is 5.47.